The second kappa shape index (κ2) is 9.60. The van der Waals surface area contributed by atoms with Gasteiger partial charge in [0.15, 0.2) is 0 Å². The van der Waals surface area contributed by atoms with Gasteiger partial charge in [-0.2, -0.15) is 0 Å². The third kappa shape index (κ3) is 5.12. The van der Waals surface area contributed by atoms with Crippen LogP contribution >= 0.6 is 23.2 Å². The van der Waals surface area contributed by atoms with Gasteiger partial charge in [0.25, 0.3) is 10.0 Å². The topological polar surface area (TPSA) is 75.7 Å². The molecular formula is C22H20Cl2N2O4S. The molecule has 0 saturated heterocycles. The van der Waals surface area contributed by atoms with Gasteiger partial charge in [-0.15, -0.1) is 0 Å². The van der Waals surface area contributed by atoms with E-state index in [2.05, 4.69) is 5.32 Å². The summed E-state index contributed by atoms with van der Waals surface area (Å²) in [7, 11) is -2.74. The second-order valence-electron chi connectivity index (χ2n) is 6.65. The fraction of sp³-hybridized carbons (Fsp3) is 0.136. The lowest BCUT2D eigenvalue weighted by molar-refractivity contribution is -0.114. The summed E-state index contributed by atoms with van der Waals surface area (Å²) in [5.41, 5.74) is 1.36. The van der Waals surface area contributed by atoms with Crippen molar-refractivity contribution in [2.24, 2.45) is 0 Å². The SMILES string of the molecule is COc1ccc(C)cc1S(=O)(=O)N(CC(=O)Nc1cccc(Cl)c1Cl)c1ccccc1. The molecule has 0 unspecified atom stereocenters. The van der Waals surface area contributed by atoms with E-state index in [1.165, 1.54) is 13.2 Å². The van der Waals surface area contributed by atoms with Crippen molar-refractivity contribution in [2.45, 2.75) is 11.8 Å². The zero-order chi connectivity index (χ0) is 22.6. The average molecular weight is 479 g/mol. The van der Waals surface area contributed by atoms with Crippen molar-refractivity contribution in [3.05, 3.63) is 82.3 Å². The minimum absolute atomic E-state index is 0.0348. The zero-order valence-electron chi connectivity index (χ0n) is 16.8. The van der Waals surface area contributed by atoms with Gasteiger partial charge in [0.1, 0.15) is 17.2 Å². The lowest BCUT2D eigenvalue weighted by Gasteiger charge is -2.25. The summed E-state index contributed by atoms with van der Waals surface area (Å²) in [5, 5.41) is 3.07. The molecule has 3 rings (SSSR count). The number of sulfonamides is 1. The maximum atomic E-state index is 13.6. The number of benzene rings is 3. The van der Waals surface area contributed by atoms with E-state index in [0.29, 0.717) is 5.69 Å². The number of para-hydroxylation sites is 1. The van der Waals surface area contributed by atoms with Gasteiger partial charge in [0, 0.05) is 0 Å². The third-order valence-corrected chi connectivity index (χ3v) is 7.06. The second-order valence-corrected chi connectivity index (χ2v) is 9.27. The van der Waals surface area contributed by atoms with Gasteiger partial charge in [0.2, 0.25) is 5.91 Å². The molecule has 3 aromatic rings. The monoisotopic (exact) mass is 478 g/mol. The lowest BCUT2D eigenvalue weighted by Crippen LogP contribution is -2.38. The summed E-state index contributed by atoms with van der Waals surface area (Å²) in [4.78, 5) is 12.8. The highest BCUT2D eigenvalue weighted by Gasteiger charge is 2.30. The standard InChI is InChI=1S/C22H20Cl2N2O4S/c1-15-11-12-19(30-2)20(13-15)31(28,29)26(16-7-4-3-5-8-16)14-21(27)25-18-10-6-9-17(23)22(18)24/h3-13H,14H2,1-2H3,(H,25,27). The summed E-state index contributed by atoms with van der Waals surface area (Å²) in [6.45, 7) is 1.30. The molecule has 0 aromatic heterocycles. The molecule has 3 aromatic carbocycles. The number of halogens is 2. The van der Waals surface area contributed by atoms with E-state index in [1.807, 2.05) is 0 Å². The van der Waals surface area contributed by atoms with Crippen molar-refractivity contribution in [3.8, 4) is 5.75 Å². The Labute approximate surface area is 191 Å². The van der Waals surface area contributed by atoms with E-state index in [4.69, 9.17) is 27.9 Å². The van der Waals surface area contributed by atoms with Gasteiger partial charge in [-0.1, -0.05) is 53.5 Å². The van der Waals surface area contributed by atoms with Crippen molar-refractivity contribution in [2.75, 3.05) is 23.3 Å². The van der Waals surface area contributed by atoms with E-state index in [-0.39, 0.29) is 26.4 Å². The number of carbonyl (C=O) groups is 1. The molecule has 1 amide bonds. The number of rotatable bonds is 7. The summed E-state index contributed by atoms with van der Waals surface area (Å²) < 4.78 is 33.5. The molecule has 0 spiro atoms. The van der Waals surface area contributed by atoms with Gasteiger partial charge in [-0.05, 0) is 48.9 Å². The molecule has 0 aliphatic carbocycles. The van der Waals surface area contributed by atoms with Crippen molar-refractivity contribution in [1.82, 2.24) is 0 Å². The van der Waals surface area contributed by atoms with Crippen molar-refractivity contribution in [1.29, 1.82) is 0 Å². The van der Waals surface area contributed by atoms with Crippen LogP contribution in [0.1, 0.15) is 5.56 Å². The number of carbonyl (C=O) groups excluding carboxylic acids is 1. The first-order valence-electron chi connectivity index (χ1n) is 9.20. The van der Waals surface area contributed by atoms with Crippen LogP contribution in [0.15, 0.2) is 71.6 Å². The number of hydrogen-bond acceptors (Lipinski definition) is 4. The number of anilines is 2. The summed E-state index contributed by atoms with van der Waals surface area (Å²) >= 11 is 12.1. The van der Waals surface area contributed by atoms with Crippen LogP contribution in [0.5, 0.6) is 5.75 Å². The van der Waals surface area contributed by atoms with Gasteiger partial charge in [0.05, 0.1) is 28.5 Å². The normalized spacial score (nSPS) is 11.1. The maximum Gasteiger partial charge on any atom is 0.268 e. The summed E-state index contributed by atoms with van der Waals surface area (Å²) in [5.74, 6) is -0.395. The van der Waals surface area contributed by atoms with Crippen LogP contribution in [0, 0.1) is 6.92 Å². The molecule has 1 N–H and O–H groups in total. The molecular weight excluding hydrogens is 459 g/mol. The molecule has 0 atom stereocenters. The van der Waals surface area contributed by atoms with Gasteiger partial charge < -0.3 is 10.1 Å². The molecule has 9 heteroatoms. The molecule has 6 nitrogen and oxygen atoms in total. The van der Waals surface area contributed by atoms with E-state index in [1.54, 1.807) is 67.6 Å². The molecule has 31 heavy (non-hydrogen) atoms. The molecule has 0 saturated carbocycles. The van der Waals surface area contributed by atoms with Crippen LogP contribution in [0.2, 0.25) is 10.0 Å². The highest BCUT2D eigenvalue weighted by atomic mass is 35.5. The number of hydrogen-bond donors (Lipinski definition) is 1. The Hall–Kier alpha value is -2.74. The number of amides is 1. The van der Waals surface area contributed by atoms with Gasteiger partial charge >= 0.3 is 0 Å². The van der Waals surface area contributed by atoms with Crippen LogP contribution in [0.4, 0.5) is 11.4 Å². The molecule has 0 fully saturated rings. The molecule has 0 bridgehead atoms. The summed E-state index contributed by atoms with van der Waals surface area (Å²) in [6, 6.07) is 18.0. The largest absolute Gasteiger partial charge is 0.495 e. The van der Waals surface area contributed by atoms with Gasteiger partial charge in [-0.3, -0.25) is 9.10 Å². The fourth-order valence-electron chi connectivity index (χ4n) is 2.93. The molecule has 0 aliphatic heterocycles. The fourth-order valence-corrected chi connectivity index (χ4v) is 4.95. The van der Waals surface area contributed by atoms with Crippen LogP contribution in [-0.2, 0) is 14.8 Å². The Morgan fingerprint density at radius 1 is 1.03 bits per heavy atom. The van der Waals surface area contributed by atoms with Crippen LogP contribution in [0.3, 0.4) is 0 Å². The van der Waals surface area contributed by atoms with Crippen LogP contribution in [-0.4, -0.2) is 28.0 Å². The Morgan fingerprint density at radius 3 is 2.42 bits per heavy atom. The number of ether oxygens (including phenoxy) is 1. The highest BCUT2D eigenvalue weighted by molar-refractivity contribution is 7.93. The van der Waals surface area contributed by atoms with Crippen LogP contribution < -0.4 is 14.4 Å². The zero-order valence-corrected chi connectivity index (χ0v) is 19.1. The third-order valence-electron chi connectivity index (χ3n) is 4.44. The van der Waals surface area contributed by atoms with Crippen LogP contribution in [0.25, 0.3) is 0 Å². The molecule has 0 heterocycles. The molecule has 0 aliphatic rings. The minimum Gasteiger partial charge on any atom is -0.495 e. The Morgan fingerprint density at radius 2 is 1.74 bits per heavy atom. The number of methoxy groups -OCH3 is 1. The number of aryl methyl sites for hydroxylation is 1. The lowest BCUT2D eigenvalue weighted by atomic mass is 10.2. The van der Waals surface area contributed by atoms with E-state index >= 15 is 0 Å². The Bertz CT molecular complexity index is 1200. The smallest absolute Gasteiger partial charge is 0.268 e. The summed E-state index contributed by atoms with van der Waals surface area (Å²) in [6.07, 6.45) is 0. The van der Waals surface area contributed by atoms with E-state index < -0.39 is 22.5 Å². The predicted molar refractivity (Wildman–Crippen MR) is 124 cm³/mol. The molecule has 162 valence electrons. The maximum absolute atomic E-state index is 13.6. The predicted octanol–water partition coefficient (Wildman–Crippen LogP) is 5.14. The molecule has 0 radical (unpaired) electrons. The Kier molecular flexibility index (Phi) is 7.10. The van der Waals surface area contributed by atoms with Gasteiger partial charge in [-0.25, -0.2) is 8.42 Å². The first-order valence-corrected chi connectivity index (χ1v) is 11.4. The van der Waals surface area contributed by atoms with E-state index in [9.17, 15) is 13.2 Å². The van der Waals surface area contributed by atoms with E-state index in [0.717, 1.165) is 9.87 Å². The highest BCUT2D eigenvalue weighted by Crippen LogP contribution is 2.32. The van der Waals surface area contributed by atoms with Crippen molar-refractivity contribution < 1.29 is 17.9 Å². The Balaban J connectivity index is 2.01. The first-order chi connectivity index (χ1) is 14.7. The first kappa shape index (κ1) is 22.9. The minimum atomic E-state index is -4.14. The van der Waals surface area contributed by atoms with Crippen molar-refractivity contribution >= 4 is 50.5 Å². The number of nitrogens with one attached hydrogen (secondary N) is 1. The quantitative estimate of drug-likeness (QED) is 0.509. The van der Waals surface area contributed by atoms with Crippen molar-refractivity contribution in [3.63, 3.8) is 0 Å². The number of nitrogens with zero attached hydrogens (tertiary/aromatic N) is 1. The average Bonchev–Trinajstić information content (AvgIpc) is 2.75.